The monoisotopic (exact) mass is 712 g/mol. The van der Waals surface area contributed by atoms with Gasteiger partial charge in [-0.05, 0) is 64.6 Å². The van der Waals surface area contributed by atoms with Crippen molar-refractivity contribution >= 4 is 53.3 Å². The molecule has 0 unspecified atom stereocenters. The molecule has 10 aromatic rings. The minimum atomic E-state index is 0.0175. The van der Waals surface area contributed by atoms with Crippen LogP contribution in [0.25, 0.3) is 93.0 Å². The first-order valence-electron chi connectivity index (χ1n) is 18.4. The highest BCUT2D eigenvalue weighted by molar-refractivity contribution is 7.25. The fourth-order valence-electron chi connectivity index (χ4n) is 7.72. The second-order valence-electron chi connectivity index (χ2n) is 14.9. The van der Waals surface area contributed by atoms with E-state index in [9.17, 15) is 0 Å². The third-order valence-corrected chi connectivity index (χ3v) is 11.6. The molecule has 3 aromatic heterocycles. The van der Waals surface area contributed by atoms with Crippen molar-refractivity contribution in [1.29, 1.82) is 0 Å². The molecule has 0 spiro atoms. The van der Waals surface area contributed by atoms with E-state index in [2.05, 4.69) is 153 Å². The van der Waals surface area contributed by atoms with Crippen molar-refractivity contribution in [2.24, 2.45) is 0 Å². The van der Waals surface area contributed by atoms with Gasteiger partial charge in [-0.25, -0.2) is 15.0 Å². The number of rotatable bonds is 5. The number of fused-ring (bicyclic) bond motifs is 6. The summed E-state index contributed by atoms with van der Waals surface area (Å²) in [6.07, 6.45) is 0. The summed E-state index contributed by atoms with van der Waals surface area (Å²) in [5.41, 5.74) is 9.74. The van der Waals surface area contributed by atoms with Crippen LogP contribution < -0.4 is 0 Å². The lowest BCUT2D eigenvalue weighted by molar-refractivity contribution is 0.591. The predicted octanol–water partition coefficient (Wildman–Crippen LogP) is 13.3. The molecule has 0 atom stereocenters. The highest BCUT2D eigenvalue weighted by Crippen LogP contribution is 2.43. The number of thiophene rings is 1. The van der Waals surface area contributed by atoms with E-state index in [-0.39, 0.29) is 5.41 Å². The van der Waals surface area contributed by atoms with Gasteiger partial charge in [-0.15, -0.1) is 11.3 Å². The molecule has 0 N–H and O–H groups in total. The number of hydrogen-bond acceptors (Lipinski definition) is 4. The van der Waals surface area contributed by atoms with Crippen molar-refractivity contribution in [3.8, 4) is 51.0 Å². The first kappa shape index (κ1) is 32.2. The van der Waals surface area contributed by atoms with Crippen LogP contribution in [0.1, 0.15) is 26.3 Å². The zero-order chi connectivity index (χ0) is 36.4. The molecule has 54 heavy (non-hydrogen) atoms. The molecule has 0 saturated heterocycles. The van der Waals surface area contributed by atoms with Crippen molar-refractivity contribution in [2.45, 2.75) is 26.2 Å². The Morgan fingerprint density at radius 2 is 1.06 bits per heavy atom. The summed E-state index contributed by atoms with van der Waals surface area (Å²) in [6.45, 7) is 6.82. The van der Waals surface area contributed by atoms with Gasteiger partial charge >= 0.3 is 0 Å². The van der Waals surface area contributed by atoms with E-state index in [1.807, 2.05) is 47.7 Å². The van der Waals surface area contributed by atoms with E-state index in [1.54, 1.807) is 0 Å². The zero-order valence-corrected chi connectivity index (χ0v) is 31.1. The van der Waals surface area contributed by atoms with Crippen molar-refractivity contribution in [3.05, 3.63) is 169 Å². The molecule has 4 nitrogen and oxygen atoms in total. The molecule has 0 amide bonds. The van der Waals surface area contributed by atoms with Crippen LogP contribution >= 0.6 is 11.3 Å². The molecule has 0 radical (unpaired) electrons. The van der Waals surface area contributed by atoms with Crippen LogP contribution in [0, 0.1) is 0 Å². The largest absolute Gasteiger partial charge is 0.309 e. The van der Waals surface area contributed by atoms with E-state index in [0.717, 1.165) is 39.0 Å². The number of benzene rings is 7. The minimum Gasteiger partial charge on any atom is -0.309 e. The average Bonchev–Trinajstić information content (AvgIpc) is 3.76. The predicted molar refractivity (Wildman–Crippen MR) is 227 cm³/mol. The molecule has 3 heterocycles. The van der Waals surface area contributed by atoms with Crippen LogP contribution in [-0.2, 0) is 5.41 Å². The van der Waals surface area contributed by atoms with Crippen LogP contribution in [0.15, 0.2) is 164 Å². The molecule has 5 heteroatoms. The molecule has 7 aromatic carbocycles. The van der Waals surface area contributed by atoms with Crippen LogP contribution in [-0.4, -0.2) is 19.5 Å². The maximum Gasteiger partial charge on any atom is 0.166 e. The Labute approximate surface area is 318 Å². The molecule has 0 bridgehead atoms. The Morgan fingerprint density at radius 3 is 1.78 bits per heavy atom. The highest BCUT2D eigenvalue weighted by Gasteiger charge is 2.23. The fraction of sp³-hybridized carbons (Fsp3) is 0.0816. The Morgan fingerprint density at radius 1 is 0.444 bits per heavy atom. The van der Waals surface area contributed by atoms with Crippen molar-refractivity contribution in [2.75, 3.05) is 0 Å². The topological polar surface area (TPSA) is 43.6 Å². The summed E-state index contributed by atoms with van der Waals surface area (Å²) in [7, 11) is 0. The summed E-state index contributed by atoms with van der Waals surface area (Å²) >= 11 is 1.84. The molecule has 0 aliphatic heterocycles. The third kappa shape index (κ3) is 5.39. The molecular formula is C49H36N4S. The van der Waals surface area contributed by atoms with Crippen molar-refractivity contribution in [1.82, 2.24) is 19.5 Å². The van der Waals surface area contributed by atoms with Gasteiger partial charge < -0.3 is 4.57 Å². The minimum absolute atomic E-state index is 0.0175. The normalized spacial score (nSPS) is 12.0. The van der Waals surface area contributed by atoms with Gasteiger partial charge in [0.15, 0.2) is 17.5 Å². The first-order chi connectivity index (χ1) is 26.4. The Hall–Kier alpha value is -6.43. The molecule has 10 rings (SSSR count). The standard InChI is InChI=1S/C49H36N4S/c1-49(2,3)34-26-28-41-38(30-34)36-19-10-12-22-40(36)53(41)42-27-25-33(35-21-14-24-44-45(35)37-20-11-13-23-43(37)54-44)29-39(42)48-51-46(31-15-6-4-7-16-31)50-47(52-48)32-17-8-5-9-18-32/h4-30H,1-3H3. The summed E-state index contributed by atoms with van der Waals surface area (Å²) < 4.78 is 4.95. The van der Waals surface area contributed by atoms with Gasteiger partial charge in [0.25, 0.3) is 0 Å². The van der Waals surface area contributed by atoms with Gasteiger partial charge in [0, 0.05) is 47.6 Å². The summed E-state index contributed by atoms with van der Waals surface area (Å²) in [4.78, 5) is 15.6. The maximum absolute atomic E-state index is 5.28. The van der Waals surface area contributed by atoms with Crippen molar-refractivity contribution in [3.63, 3.8) is 0 Å². The second kappa shape index (κ2) is 12.6. The Bertz CT molecular complexity index is 2970. The third-order valence-electron chi connectivity index (χ3n) is 10.4. The number of para-hydroxylation sites is 1. The van der Waals surface area contributed by atoms with E-state index in [1.165, 1.54) is 42.1 Å². The van der Waals surface area contributed by atoms with Gasteiger partial charge in [-0.2, -0.15) is 0 Å². The number of hydrogen-bond donors (Lipinski definition) is 0. The lowest BCUT2D eigenvalue weighted by atomic mass is 9.86. The quantitative estimate of drug-likeness (QED) is 0.178. The number of aromatic nitrogens is 4. The SMILES string of the molecule is CC(C)(C)c1ccc2c(c1)c1ccccc1n2-c1ccc(-c2cccc3sc4ccccc4c23)cc1-c1nc(-c2ccccc2)nc(-c2ccccc2)n1. The lowest BCUT2D eigenvalue weighted by Gasteiger charge is -2.19. The summed E-state index contributed by atoms with van der Waals surface area (Å²) in [5.74, 6) is 1.90. The van der Waals surface area contributed by atoms with Crippen LogP contribution in [0.4, 0.5) is 0 Å². The summed E-state index contributed by atoms with van der Waals surface area (Å²) in [5, 5.41) is 4.99. The van der Waals surface area contributed by atoms with Crippen molar-refractivity contribution < 1.29 is 0 Å². The Balaban J connectivity index is 1.30. The van der Waals surface area contributed by atoms with Crippen LogP contribution in [0.3, 0.4) is 0 Å². The highest BCUT2D eigenvalue weighted by atomic mass is 32.1. The Kier molecular flexibility index (Phi) is 7.53. The molecule has 258 valence electrons. The molecule has 0 saturated carbocycles. The van der Waals surface area contributed by atoms with E-state index in [0.29, 0.717) is 17.5 Å². The maximum atomic E-state index is 5.28. The lowest BCUT2D eigenvalue weighted by Crippen LogP contribution is -2.10. The van der Waals surface area contributed by atoms with E-state index < -0.39 is 0 Å². The van der Waals surface area contributed by atoms with Crippen LogP contribution in [0.2, 0.25) is 0 Å². The van der Waals surface area contributed by atoms with Gasteiger partial charge in [0.1, 0.15) is 0 Å². The molecule has 0 fully saturated rings. The summed E-state index contributed by atoms with van der Waals surface area (Å²) in [6, 6.07) is 58.2. The first-order valence-corrected chi connectivity index (χ1v) is 19.2. The second-order valence-corrected chi connectivity index (χ2v) is 16.0. The zero-order valence-electron chi connectivity index (χ0n) is 30.3. The molecule has 0 aliphatic rings. The van der Waals surface area contributed by atoms with E-state index >= 15 is 0 Å². The fourth-order valence-corrected chi connectivity index (χ4v) is 8.85. The molecular weight excluding hydrogens is 677 g/mol. The van der Waals surface area contributed by atoms with Gasteiger partial charge in [-0.3, -0.25) is 0 Å². The smallest absolute Gasteiger partial charge is 0.166 e. The van der Waals surface area contributed by atoms with E-state index in [4.69, 9.17) is 15.0 Å². The molecule has 0 aliphatic carbocycles. The van der Waals surface area contributed by atoms with Gasteiger partial charge in [0.05, 0.1) is 16.7 Å². The average molecular weight is 713 g/mol. The van der Waals surface area contributed by atoms with Crippen LogP contribution in [0.5, 0.6) is 0 Å². The number of nitrogens with zero attached hydrogens (tertiary/aromatic N) is 4. The van der Waals surface area contributed by atoms with Gasteiger partial charge in [-0.1, -0.05) is 142 Å². The van der Waals surface area contributed by atoms with Gasteiger partial charge in [0.2, 0.25) is 0 Å².